The SMILES string of the molecule is O=[N+]([O-])c1cnn(C[C@H](O)CN2CCN(c3cccs3)CC2)c1. The number of nitro groups is 1. The molecule has 1 aliphatic heterocycles. The van der Waals surface area contributed by atoms with Gasteiger partial charge < -0.3 is 10.0 Å². The van der Waals surface area contributed by atoms with E-state index in [0.717, 1.165) is 26.2 Å². The molecule has 1 aliphatic rings. The molecule has 0 spiro atoms. The molecule has 1 N–H and O–H groups in total. The predicted molar refractivity (Wildman–Crippen MR) is 87.9 cm³/mol. The van der Waals surface area contributed by atoms with Gasteiger partial charge in [0.05, 0.1) is 22.6 Å². The highest BCUT2D eigenvalue weighted by Crippen LogP contribution is 2.22. The van der Waals surface area contributed by atoms with Gasteiger partial charge in [-0.1, -0.05) is 0 Å². The van der Waals surface area contributed by atoms with Gasteiger partial charge >= 0.3 is 5.69 Å². The van der Waals surface area contributed by atoms with Gasteiger partial charge in [0.15, 0.2) is 0 Å². The minimum atomic E-state index is -0.595. The Kier molecular flexibility index (Phi) is 4.89. The molecule has 2 aromatic heterocycles. The summed E-state index contributed by atoms with van der Waals surface area (Å²) in [6.07, 6.45) is 1.95. The van der Waals surface area contributed by atoms with Gasteiger partial charge in [0.25, 0.3) is 0 Å². The lowest BCUT2D eigenvalue weighted by Gasteiger charge is -2.36. The summed E-state index contributed by atoms with van der Waals surface area (Å²) in [7, 11) is 0. The summed E-state index contributed by atoms with van der Waals surface area (Å²) >= 11 is 1.74. The third kappa shape index (κ3) is 4.06. The summed E-state index contributed by atoms with van der Waals surface area (Å²) < 4.78 is 1.42. The van der Waals surface area contributed by atoms with E-state index in [1.54, 1.807) is 11.3 Å². The van der Waals surface area contributed by atoms with E-state index in [4.69, 9.17) is 0 Å². The number of rotatable bonds is 6. The summed E-state index contributed by atoms with van der Waals surface area (Å²) in [5.41, 5.74) is -0.0539. The van der Waals surface area contributed by atoms with Crippen LogP contribution in [0.4, 0.5) is 10.7 Å². The molecule has 0 unspecified atom stereocenters. The Morgan fingerprint density at radius 1 is 1.35 bits per heavy atom. The largest absolute Gasteiger partial charge is 0.390 e. The lowest BCUT2D eigenvalue weighted by atomic mass is 10.2. The van der Waals surface area contributed by atoms with Crippen LogP contribution >= 0.6 is 11.3 Å². The second kappa shape index (κ2) is 7.07. The number of hydrogen-bond donors (Lipinski definition) is 1. The molecule has 0 amide bonds. The summed E-state index contributed by atoms with van der Waals surface area (Å²) in [4.78, 5) is 14.7. The molecule has 0 radical (unpaired) electrons. The van der Waals surface area contributed by atoms with Crippen molar-refractivity contribution in [3.05, 3.63) is 40.0 Å². The topological polar surface area (TPSA) is 87.7 Å². The van der Waals surface area contributed by atoms with Crippen LogP contribution in [-0.2, 0) is 6.54 Å². The van der Waals surface area contributed by atoms with Crippen molar-refractivity contribution >= 4 is 22.0 Å². The smallest absolute Gasteiger partial charge is 0.306 e. The minimum Gasteiger partial charge on any atom is -0.390 e. The molecule has 1 fully saturated rings. The van der Waals surface area contributed by atoms with Crippen LogP contribution in [0.5, 0.6) is 0 Å². The van der Waals surface area contributed by atoms with E-state index in [1.165, 1.54) is 22.1 Å². The van der Waals surface area contributed by atoms with Crippen LogP contribution in [0.1, 0.15) is 0 Å². The van der Waals surface area contributed by atoms with Gasteiger partial charge in [0.2, 0.25) is 0 Å². The molecule has 0 aromatic carbocycles. The average molecular weight is 337 g/mol. The van der Waals surface area contributed by atoms with Crippen LogP contribution in [0.25, 0.3) is 0 Å². The molecule has 0 bridgehead atoms. The Morgan fingerprint density at radius 2 is 2.13 bits per heavy atom. The fraction of sp³-hybridized carbons (Fsp3) is 0.500. The summed E-state index contributed by atoms with van der Waals surface area (Å²) in [6.45, 7) is 4.49. The van der Waals surface area contributed by atoms with Gasteiger partial charge in [-0.3, -0.25) is 19.7 Å². The highest BCUT2D eigenvalue weighted by Gasteiger charge is 2.20. The number of nitrogens with zero attached hydrogens (tertiary/aromatic N) is 5. The van der Waals surface area contributed by atoms with Crippen molar-refractivity contribution in [3.8, 4) is 0 Å². The van der Waals surface area contributed by atoms with E-state index in [1.807, 2.05) is 0 Å². The molecule has 3 heterocycles. The van der Waals surface area contributed by atoms with Crippen LogP contribution in [0.2, 0.25) is 0 Å². The van der Waals surface area contributed by atoms with Gasteiger partial charge in [0.1, 0.15) is 12.4 Å². The number of aromatic nitrogens is 2. The second-order valence-corrected chi connectivity index (χ2v) is 6.50. The molecule has 2 aromatic rings. The van der Waals surface area contributed by atoms with Crippen molar-refractivity contribution in [1.29, 1.82) is 0 Å². The van der Waals surface area contributed by atoms with Gasteiger partial charge in [-0.2, -0.15) is 5.10 Å². The van der Waals surface area contributed by atoms with Crippen molar-refractivity contribution in [2.45, 2.75) is 12.6 Å². The summed E-state index contributed by atoms with van der Waals surface area (Å²) in [6, 6.07) is 4.18. The van der Waals surface area contributed by atoms with E-state index < -0.39 is 11.0 Å². The van der Waals surface area contributed by atoms with Crippen LogP contribution in [0.15, 0.2) is 29.9 Å². The monoisotopic (exact) mass is 337 g/mol. The third-order valence-electron chi connectivity index (χ3n) is 3.89. The quantitative estimate of drug-likeness (QED) is 0.626. The molecule has 23 heavy (non-hydrogen) atoms. The second-order valence-electron chi connectivity index (χ2n) is 5.57. The standard InChI is InChI=1S/C14H19N5O3S/c20-13(11-18-9-12(8-15-18)19(21)22)10-16-3-5-17(6-4-16)14-2-1-7-23-14/h1-2,7-9,13,20H,3-6,10-11H2/t13-/m1/s1. The first-order valence-corrected chi connectivity index (χ1v) is 8.35. The molecular weight excluding hydrogens is 318 g/mol. The van der Waals surface area contributed by atoms with Gasteiger partial charge in [0, 0.05) is 32.7 Å². The molecule has 124 valence electrons. The molecule has 1 atom stereocenters. The molecule has 3 rings (SSSR count). The predicted octanol–water partition coefficient (Wildman–Crippen LogP) is 1.04. The van der Waals surface area contributed by atoms with Crippen molar-refractivity contribution in [1.82, 2.24) is 14.7 Å². The maximum absolute atomic E-state index is 10.6. The third-order valence-corrected chi connectivity index (χ3v) is 4.82. The first-order valence-electron chi connectivity index (χ1n) is 7.47. The van der Waals surface area contributed by atoms with E-state index in [0.29, 0.717) is 6.54 Å². The van der Waals surface area contributed by atoms with E-state index in [-0.39, 0.29) is 12.2 Å². The lowest BCUT2D eigenvalue weighted by Crippen LogP contribution is -2.48. The maximum atomic E-state index is 10.6. The Hall–Kier alpha value is -1.97. The van der Waals surface area contributed by atoms with E-state index in [9.17, 15) is 15.2 Å². The molecule has 0 saturated carbocycles. The Labute approximate surface area is 137 Å². The highest BCUT2D eigenvalue weighted by molar-refractivity contribution is 7.14. The molecule has 8 nitrogen and oxygen atoms in total. The number of hydrogen-bond acceptors (Lipinski definition) is 7. The fourth-order valence-corrected chi connectivity index (χ4v) is 3.50. The number of anilines is 1. The highest BCUT2D eigenvalue weighted by atomic mass is 32.1. The number of piperazine rings is 1. The summed E-state index contributed by atoms with van der Waals surface area (Å²) in [5.74, 6) is 0. The molecule has 0 aliphatic carbocycles. The van der Waals surface area contributed by atoms with Crippen molar-refractivity contribution in [2.75, 3.05) is 37.6 Å². The number of thiophene rings is 1. The Bertz CT molecular complexity index is 637. The minimum absolute atomic E-state index is 0.0539. The van der Waals surface area contributed by atoms with Crippen LogP contribution < -0.4 is 4.90 Å². The zero-order valence-electron chi connectivity index (χ0n) is 12.6. The maximum Gasteiger partial charge on any atom is 0.306 e. The number of β-amino-alcohol motifs (C(OH)–C–C–N with tert-alkyl or cyclic N) is 1. The number of aliphatic hydroxyl groups excluding tert-OH is 1. The Morgan fingerprint density at radius 3 is 2.74 bits per heavy atom. The number of aliphatic hydroxyl groups is 1. The first-order chi connectivity index (χ1) is 11.1. The van der Waals surface area contributed by atoms with Crippen LogP contribution in [-0.4, -0.2) is 63.5 Å². The fourth-order valence-electron chi connectivity index (χ4n) is 2.72. The first kappa shape index (κ1) is 15.9. The van der Waals surface area contributed by atoms with E-state index >= 15 is 0 Å². The normalized spacial score (nSPS) is 17.3. The zero-order chi connectivity index (χ0) is 16.2. The van der Waals surface area contributed by atoms with Crippen molar-refractivity contribution < 1.29 is 10.0 Å². The zero-order valence-corrected chi connectivity index (χ0v) is 13.4. The van der Waals surface area contributed by atoms with Gasteiger partial charge in [-0.15, -0.1) is 11.3 Å². The Balaban J connectivity index is 1.45. The van der Waals surface area contributed by atoms with Gasteiger partial charge in [-0.25, -0.2) is 0 Å². The van der Waals surface area contributed by atoms with Crippen molar-refractivity contribution in [2.24, 2.45) is 0 Å². The van der Waals surface area contributed by atoms with Crippen molar-refractivity contribution in [3.63, 3.8) is 0 Å². The van der Waals surface area contributed by atoms with Crippen LogP contribution in [0, 0.1) is 10.1 Å². The summed E-state index contributed by atoms with van der Waals surface area (Å²) in [5, 5.41) is 28.1. The average Bonchev–Trinajstić information content (AvgIpc) is 3.19. The lowest BCUT2D eigenvalue weighted by molar-refractivity contribution is -0.385. The molecule has 1 saturated heterocycles. The van der Waals surface area contributed by atoms with Crippen LogP contribution in [0.3, 0.4) is 0 Å². The molecule has 9 heteroatoms. The van der Waals surface area contributed by atoms with Gasteiger partial charge in [-0.05, 0) is 17.5 Å². The van der Waals surface area contributed by atoms with E-state index in [2.05, 4.69) is 32.4 Å². The molecular formula is C14H19N5O3S.